The van der Waals surface area contributed by atoms with Crippen LogP contribution in [0.4, 0.5) is 5.69 Å². The minimum Gasteiger partial charge on any atom is -0.369 e. The zero-order valence-corrected chi connectivity index (χ0v) is 17.3. The van der Waals surface area contributed by atoms with E-state index in [1.165, 1.54) is 4.90 Å². The molecule has 7 nitrogen and oxygen atoms in total. The van der Waals surface area contributed by atoms with Gasteiger partial charge >= 0.3 is 11.8 Å². The molecule has 0 aromatic heterocycles. The lowest BCUT2D eigenvalue weighted by Crippen LogP contribution is -2.51. The molecular formula is C21H32N4O3. The summed E-state index contributed by atoms with van der Waals surface area (Å²) in [4.78, 5) is 40.7. The second-order valence-electron chi connectivity index (χ2n) is 7.81. The zero-order chi connectivity index (χ0) is 20.8. The van der Waals surface area contributed by atoms with Gasteiger partial charge in [0.1, 0.15) is 0 Å². The van der Waals surface area contributed by atoms with Crippen molar-refractivity contribution < 1.29 is 14.4 Å². The molecule has 0 fully saturated rings. The molecule has 1 aliphatic rings. The number of fused-ring (bicyclic) bond motifs is 1. The number of primary amides is 1. The van der Waals surface area contributed by atoms with Gasteiger partial charge in [-0.2, -0.15) is 0 Å². The Balaban J connectivity index is 1.98. The molecule has 154 valence electrons. The summed E-state index contributed by atoms with van der Waals surface area (Å²) in [6.07, 6.45) is 2.17. The highest BCUT2D eigenvalue weighted by Gasteiger charge is 2.37. The third kappa shape index (κ3) is 5.10. The van der Waals surface area contributed by atoms with Crippen LogP contribution in [0.5, 0.6) is 0 Å². The first-order chi connectivity index (χ1) is 13.2. The summed E-state index contributed by atoms with van der Waals surface area (Å²) in [7, 11) is 2.07. The summed E-state index contributed by atoms with van der Waals surface area (Å²) in [6, 6.07) is 7.35. The fourth-order valence-electron chi connectivity index (χ4n) is 3.52. The summed E-state index contributed by atoms with van der Waals surface area (Å²) in [5.74, 6) is -2.07. The third-order valence-corrected chi connectivity index (χ3v) is 5.45. The number of unbranched alkanes of at least 4 members (excludes halogenated alkanes) is 1. The number of hydrogen-bond donors (Lipinski definition) is 2. The number of carbonyl (C=O) groups excluding carboxylic acids is 3. The molecule has 1 aromatic carbocycles. The number of nitrogens with zero attached hydrogens (tertiary/aromatic N) is 2. The number of carbonyl (C=O) groups is 3. The van der Waals surface area contributed by atoms with Crippen molar-refractivity contribution in [3.05, 3.63) is 29.8 Å². The van der Waals surface area contributed by atoms with Crippen LogP contribution in [0.2, 0.25) is 0 Å². The normalized spacial score (nSPS) is 18.9. The van der Waals surface area contributed by atoms with E-state index < -0.39 is 23.6 Å². The zero-order valence-electron chi connectivity index (χ0n) is 17.3. The Labute approximate surface area is 167 Å². The minimum absolute atomic E-state index is 0.287. The van der Waals surface area contributed by atoms with Crippen LogP contribution < -0.4 is 16.0 Å². The molecule has 0 bridgehead atoms. The van der Waals surface area contributed by atoms with Gasteiger partial charge in [0.05, 0.1) is 5.92 Å². The highest BCUT2D eigenvalue weighted by atomic mass is 16.2. The standard InChI is InChI=1S/C21H32N4O3/c1-14(2)24(4)12-8-7-11-23-20(27)21(28)25-15(3)13-17(19(22)26)16-9-5-6-10-18(16)25/h5-6,9-10,14-15,17H,7-8,11-13H2,1-4H3,(H2,22,26)(H,23,27). The van der Waals surface area contributed by atoms with Crippen molar-refractivity contribution in [2.75, 3.05) is 25.0 Å². The maximum absolute atomic E-state index is 12.8. The molecule has 0 aliphatic carbocycles. The number of amides is 3. The summed E-state index contributed by atoms with van der Waals surface area (Å²) < 4.78 is 0. The second kappa shape index (κ2) is 9.68. The summed E-state index contributed by atoms with van der Waals surface area (Å²) in [5, 5.41) is 2.73. The Morgan fingerprint density at radius 2 is 1.93 bits per heavy atom. The number of rotatable bonds is 7. The summed E-state index contributed by atoms with van der Waals surface area (Å²) >= 11 is 0. The number of nitrogens with one attached hydrogen (secondary N) is 1. The van der Waals surface area contributed by atoms with Gasteiger partial charge in [0, 0.05) is 24.3 Å². The van der Waals surface area contributed by atoms with Crippen LogP contribution in [-0.4, -0.2) is 54.8 Å². The van der Waals surface area contributed by atoms with Gasteiger partial charge in [-0.3, -0.25) is 14.4 Å². The van der Waals surface area contributed by atoms with Gasteiger partial charge in [0.15, 0.2) is 0 Å². The van der Waals surface area contributed by atoms with Crippen molar-refractivity contribution in [2.45, 2.75) is 58.0 Å². The molecule has 3 amide bonds. The number of benzene rings is 1. The van der Waals surface area contributed by atoms with Gasteiger partial charge in [-0.1, -0.05) is 18.2 Å². The molecule has 1 heterocycles. The molecule has 1 aliphatic heterocycles. The predicted octanol–water partition coefficient (Wildman–Crippen LogP) is 1.62. The molecule has 2 unspecified atom stereocenters. The lowest BCUT2D eigenvalue weighted by atomic mass is 9.85. The molecule has 28 heavy (non-hydrogen) atoms. The Morgan fingerprint density at radius 1 is 1.25 bits per heavy atom. The second-order valence-corrected chi connectivity index (χ2v) is 7.81. The topological polar surface area (TPSA) is 95.7 Å². The van der Waals surface area contributed by atoms with E-state index in [2.05, 4.69) is 31.1 Å². The highest BCUT2D eigenvalue weighted by molar-refractivity contribution is 6.40. The molecule has 2 atom stereocenters. The van der Waals surface area contributed by atoms with Crippen molar-refractivity contribution in [1.82, 2.24) is 10.2 Å². The van der Waals surface area contributed by atoms with Crippen molar-refractivity contribution in [2.24, 2.45) is 5.73 Å². The van der Waals surface area contributed by atoms with Gasteiger partial charge in [-0.25, -0.2) is 0 Å². The van der Waals surface area contributed by atoms with E-state index in [1.54, 1.807) is 18.2 Å². The van der Waals surface area contributed by atoms with E-state index in [-0.39, 0.29) is 6.04 Å². The maximum atomic E-state index is 12.8. The van der Waals surface area contributed by atoms with Crippen LogP contribution in [0.3, 0.4) is 0 Å². The first kappa shape index (κ1) is 21.9. The van der Waals surface area contributed by atoms with E-state index in [1.807, 2.05) is 13.0 Å². The predicted molar refractivity (Wildman–Crippen MR) is 110 cm³/mol. The van der Waals surface area contributed by atoms with Crippen molar-refractivity contribution in [3.8, 4) is 0 Å². The van der Waals surface area contributed by atoms with Gasteiger partial charge in [-0.05, 0) is 65.3 Å². The van der Waals surface area contributed by atoms with Gasteiger partial charge in [0.2, 0.25) is 5.91 Å². The molecule has 0 saturated carbocycles. The van der Waals surface area contributed by atoms with E-state index in [0.29, 0.717) is 30.3 Å². The van der Waals surface area contributed by atoms with Crippen molar-refractivity contribution in [3.63, 3.8) is 0 Å². The lowest BCUT2D eigenvalue weighted by Gasteiger charge is -2.37. The third-order valence-electron chi connectivity index (χ3n) is 5.45. The Hall–Kier alpha value is -2.41. The fraction of sp³-hybridized carbons (Fsp3) is 0.571. The van der Waals surface area contributed by atoms with Crippen LogP contribution in [-0.2, 0) is 14.4 Å². The molecule has 3 N–H and O–H groups in total. The first-order valence-corrected chi connectivity index (χ1v) is 9.93. The van der Waals surface area contributed by atoms with Crippen LogP contribution in [0.1, 0.15) is 51.5 Å². The number of nitrogens with two attached hydrogens (primary N) is 1. The average molecular weight is 389 g/mol. The lowest BCUT2D eigenvalue weighted by molar-refractivity contribution is -0.138. The molecular weight excluding hydrogens is 356 g/mol. The Kier molecular flexibility index (Phi) is 7.57. The van der Waals surface area contributed by atoms with Crippen LogP contribution in [0.25, 0.3) is 0 Å². The summed E-state index contributed by atoms with van der Waals surface area (Å²) in [6.45, 7) is 7.53. The molecule has 0 spiro atoms. The van der Waals surface area contributed by atoms with Crippen LogP contribution >= 0.6 is 0 Å². The van der Waals surface area contributed by atoms with E-state index >= 15 is 0 Å². The van der Waals surface area contributed by atoms with Gasteiger partial charge in [-0.15, -0.1) is 0 Å². The van der Waals surface area contributed by atoms with Gasteiger partial charge < -0.3 is 20.9 Å². The van der Waals surface area contributed by atoms with Gasteiger partial charge in [0.25, 0.3) is 0 Å². The Bertz CT molecular complexity index is 719. The van der Waals surface area contributed by atoms with E-state index in [4.69, 9.17) is 5.73 Å². The monoisotopic (exact) mass is 388 g/mol. The molecule has 2 rings (SSSR count). The SMILES string of the molecule is CC(C)N(C)CCCCNC(=O)C(=O)N1c2ccccc2C(C(N)=O)CC1C. The Morgan fingerprint density at radius 3 is 2.57 bits per heavy atom. The van der Waals surface area contributed by atoms with E-state index in [0.717, 1.165) is 19.4 Å². The number of hydrogen-bond acceptors (Lipinski definition) is 4. The molecule has 0 radical (unpaired) electrons. The van der Waals surface area contributed by atoms with E-state index in [9.17, 15) is 14.4 Å². The van der Waals surface area contributed by atoms with Crippen molar-refractivity contribution >= 4 is 23.4 Å². The van der Waals surface area contributed by atoms with Crippen molar-refractivity contribution in [1.29, 1.82) is 0 Å². The smallest absolute Gasteiger partial charge is 0.316 e. The van der Waals surface area contributed by atoms with Crippen LogP contribution in [0.15, 0.2) is 24.3 Å². The largest absolute Gasteiger partial charge is 0.369 e. The average Bonchev–Trinajstić information content (AvgIpc) is 2.65. The summed E-state index contributed by atoms with van der Waals surface area (Å²) in [5.41, 5.74) is 6.82. The number of anilines is 1. The van der Waals surface area contributed by atoms with Crippen LogP contribution in [0, 0.1) is 0 Å². The fourth-order valence-corrected chi connectivity index (χ4v) is 3.52. The molecule has 7 heteroatoms. The number of para-hydroxylation sites is 1. The minimum atomic E-state index is -0.614. The first-order valence-electron chi connectivity index (χ1n) is 9.93. The quantitative estimate of drug-likeness (QED) is 0.548. The molecule has 0 saturated heterocycles. The molecule has 1 aromatic rings. The highest BCUT2D eigenvalue weighted by Crippen LogP contribution is 2.38. The maximum Gasteiger partial charge on any atom is 0.316 e.